The second-order valence-electron chi connectivity index (χ2n) is 7.37. The molecule has 2 N–H and O–H groups in total. The average Bonchev–Trinajstić information content (AvgIpc) is 3.43. The van der Waals surface area contributed by atoms with Crippen LogP contribution in [0.5, 0.6) is 0 Å². The van der Waals surface area contributed by atoms with Crippen LogP contribution in [0.4, 0.5) is 5.82 Å². The van der Waals surface area contributed by atoms with Gasteiger partial charge in [-0.3, -0.25) is 4.68 Å². The summed E-state index contributed by atoms with van der Waals surface area (Å²) in [7, 11) is 3.98. The van der Waals surface area contributed by atoms with Gasteiger partial charge in [-0.1, -0.05) is 6.42 Å². The van der Waals surface area contributed by atoms with E-state index in [2.05, 4.69) is 50.2 Å². The average molecular weight is 413 g/mol. The molecule has 0 radical (unpaired) electrons. The summed E-state index contributed by atoms with van der Waals surface area (Å²) < 4.78 is 5.80. The minimum Gasteiger partial charge on any atom is -0.334 e. The molecule has 29 heavy (non-hydrogen) atoms. The molecule has 3 aromatic heterocycles. The first kappa shape index (κ1) is 19.9. The summed E-state index contributed by atoms with van der Waals surface area (Å²) in [5.41, 5.74) is 2.79. The van der Waals surface area contributed by atoms with Gasteiger partial charge in [-0.05, 0) is 64.0 Å². The van der Waals surface area contributed by atoms with Crippen molar-refractivity contribution in [3.63, 3.8) is 0 Å². The fourth-order valence-electron chi connectivity index (χ4n) is 3.34. The molecule has 154 valence electrons. The molecule has 0 saturated carbocycles. The third kappa shape index (κ3) is 4.63. The van der Waals surface area contributed by atoms with E-state index in [1.165, 1.54) is 32.4 Å². The number of nitrogens with one attached hydrogen (secondary N) is 2. The van der Waals surface area contributed by atoms with Crippen LogP contribution in [0.1, 0.15) is 26.2 Å². The molecule has 2 aliphatic rings. The van der Waals surface area contributed by atoms with Gasteiger partial charge in [-0.25, -0.2) is 9.29 Å². The molecule has 1 fully saturated rings. The third-order valence-electron chi connectivity index (χ3n) is 5.08. The molecule has 5 rings (SSSR count). The molecule has 1 saturated heterocycles. The van der Waals surface area contributed by atoms with E-state index in [4.69, 9.17) is 0 Å². The van der Waals surface area contributed by atoms with Crippen molar-refractivity contribution in [1.82, 2.24) is 34.0 Å². The molecule has 9 heteroatoms. The summed E-state index contributed by atoms with van der Waals surface area (Å²) in [6, 6.07) is 2.33. The number of hydrogen-bond acceptors (Lipinski definition) is 7. The quantitative estimate of drug-likeness (QED) is 0.640. The molecule has 2 aliphatic heterocycles. The van der Waals surface area contributed by atoms with Crippen LogP contribution < -0.4 is 10.6 Å². The van der Waals surface area contributed by atoms with Crippen molar-refractivity contribution in [1.29, 1.82) is 0 Å². The third-order valence-corrected chi connectivity index (χ3v) is 6.14. The van der Waals surface area contributed by atoms with E-state index in [1.807, 2.05) is 36.2 Å². The van der Waals surface area contributed by atoms with Crippen LogP contribution in [-0.4, -0.2) is 54.9 Å². The zero-order valence-electron chi connectivity index (χ0n) is 17.2. The normalized spacial score (nSPS) is 19.7. The van der Waals surface area contributed by atoms with E-state index >= 15 is 0 Å². The van der Waals surface area contributed by atoms with Crippen molar-refractivity contribution >= 4 is 23.4 Å². The molecule has 0 amide bonds. The Labute approximate surface area is 175 Å². The van der Waals surface area contributed by atoms with Crippen LogP contribution in [0.25, 0.3) is 16.8 Å². The lowest BCUT2D eigenvalue weighted by atomic mass is 10.2. The van der Waals surface area contributed by atoms with Crippen molar-refractivity contribution in [2.75, 3.05) is 25.5 Å². The summed E-state index contributed by atoms with van der Waals surface area (Å²) in [4.78, 5) is 4.48. The Bertz CT molecular complexity index is 976. The molecule has 1 atom stereocenters. The summed E-state index contributed by atoms with van der Waals surface area (Å²) in [5.74, 6) is 0.895. The van der Waals surface area contributed by atoms with Gasteiger partial charge >= 0.3 is 0 Å². The predicted octanol–water partition coefficient (Wildman–Crippen LogP) is 3.13. The van der Waals surface area contributed by atoms with Gasteiger partial charge < -0.3 is 10.6 Å². The van der Waals surface area contributed by atoms with Crippen LogP contribution in [0.2, 0.25) is 0 Å². The second-order valence-corrected chi connectivity index (χ2v) is 8.57. The van der Waals surface area contributed by atoms with Gasteiger partial charge in [0.25, 0.3) is 0 Å². The van der Waals surface area contributed by atoms with Crippen LogP contribution >= 0.6 is 11.9 Å². The second kappa shape index (κ2) is 8.98. The van der Waals surface area contributed by atoms with Crippen LogP contribution in [0.3, 0.4) is 0 Å². The lowest BCUT2D eigenvalue weighted by Gasteiger charge is -2.12. The number of hydrogen-bond donors (Lipinski definition) is 2. The van der Waals surface area contributed by atoms with Gasteiger partial charge in [0, 0.05) is 36.6 Å². The smallest absolute Gasteiger partial charge is 0.165 e. The van der Waals surface area contributed by atoms with Gasteiger partial charge in [0.2, 0.25) is 0 Å². The Morgan fingerprint density at radius 3 is 2.55 bits per heavy atom. The number of fused-ring (bicyclic) bond motifs is 1. The first-order valence-electron chi connectivity index (χ1n) is 10.0. The maximum absolute atomic E-state index is 4.49. The van der Waals surface area contributed by atoms with Gasteiger partial charge in [0.05, 0.1) is 17.4 Å². The highest BCUT2D eigenvalue weighted by atomic mass is 32.2. The zero-order valence-corrected chi connectivity index (χ0v) is 18.0. The van der Waals surface area contributed by atoms with Crippen LogP contribution in [0.15, 0.2) is 42.0 Å². The van der Waals surface area contributed by atoms with E-state index in [9.17, 15) is 0 Å². The molecule has 1 unspecified atom stereocenters. The van der Waals surface area contributed by atoms with Crippen molar-refractivity contribution in [3.8, 4) is 11.1 Å². The van der Waals surface area contributed by atoms with Crippen molar-refractivity contribution < 1.29 is 0 Å². The molecular formula is C20H28N8S. The number of aromatic nitrogens is 5. The number of aryl methyl sites for hydroxylation is 1. The highest BCUT2D eigenvalue weighted by Gasteiger charge is 2.20. The van der Waals surface area contributed by atoms with Gasteiger partial charge in [-0.2, -0.15) is 14.7 Å². The largest absolute Gasteiger partial charge is 0.334 e. The fourth-order valence-corrected chi connectivity index (χ4v) is 4.28. The lowest BCUT2D eigenvalue weighted by Crippen LogP contribution is -2.21. The first-order valence-corrected chi connectivity index (χ1v) is 10.8. The van der Waals surface area contributed by atoms with E-state index in [0.717, 1.165) is 27.6 Å². The molecule has 3 aromatic rings. The number of nitrogens with zero attached hydrogens (tertiary/aromatic N) is 6. The Morgan fingerprint density at radius 1 is 1.14 bits per heavy atom. The number of likely N-dealkylation sites (N-methyl/N-ethyl adjacent to an activating group) is 1. The summed E-state index contributed by atoms with van der Waals surface area (Å²) in [6.45, 7) is 4.66. The SMILES string of the molecule is C1CCNCC1.CC1C=C(Nc2ccnc3c(-c4cnn(C)c4)cnn23)SN1C. The van der Waals surface area contributed by atoms with Crippen LogP contribution in [-0.2, 0) is 7.05 Å². The Balaban J connectivity index is 0.000000294. The molecule has 0 bridgehead atoms. The molecule has 0 aromatic carbocycles. The van der Waals surface area contributed by atoms with E-state index in [1.54, 1.807) is 22.8 Å². The Kier molecular flexibility index (Phi) is 6.17. The highest BCUT2D eigenvalue weighted by molar-refractivity contribution is 8.01. The number of rotatable bonds is 3. The number of anilines is 1. The predicted molar refractivity (Wildman–Crippen MR) is 118 cm³/mol. The van der Waals surface area contributed by atoms with Crippen molar-refractivity contribution in [2.24, 2.45) is 7.05 Å². The van der Waals surface area contributed by atoms with E-state index < -0.39 is 0 Å². The lowest BCUT2D eigenvalue weighted by molar-refractivity contribution is 0.520. The molecular weight excluding hydrogens is 384 g/mol. The van der Waals surface area contributed by atoms with Gasteiger partial charge in [0.15, 0.2) is 5.65 Å². The standard InChI is InChI=1S/C15H17N7S.C5H11N/c1-10-6-14(23-21(10)3)19-13-4-5-16-15-12(8-18-22(13)15)11-7-17-20(2)9-11;1-2-4-6-5-3-1/h4-10,19H,1-3H3;6H,1-5H2. The Morgan fingerprint density at radius 2 is 1.97 bits per heavy atom. The minimum atomic E-state index is 0.406. The summed E-state index contributed by atoms with van der Waals surface area (Å²) in [6.07, 6.45) is 13.8. The van der Waals surface area contributed by atoms with Crippen molar-refractivity contribution in [2.45, 2.75) is 32.2 Å². The van der Waals surface area contributed by atoms with Crippen molar-refractivity contribution in [3.05, 3.63) is 42.0 Å². The highest BCUT2D eigenvalue weighted by Crippen LogP contribution is 2.31. The number of piperidine rings is 1. The monoisotopic (exact) mass is 412 g/mol. The van der Waals surface area contributed by atoms with E-state index in [-0.39, 0.29) is 0 Å². The maximum atomic E-state index is 4.49. The fraction of sp³-hybridized carbons (Fsp3) is 0.450. The minimum absolute atomic E-state index is 0.406. The first-order chi connectivity index (χ1) is 14.1. The van der Waals surface area contributed by atoms with Crippen LogP contribution in [0, 0.1) is 0 Å². The molecule has 8 nitrogen and oxygen atoms in total. The van der Waals surface area contributed by atoms with Gasteiger partial charge in [0.1, 0.15) is 5.82 Å². The molecule has 0 spiro atoms. The summed E-state index contributed by atoms with van der Waals surface area (Å²) >= 11 is 1.69. The Hall–Kier alpha value is -2.36. The topological polar surface area (TPSA) is 75.3 Å². The van der Waals surface area contributed by atoms with Gasteiger partial charge in [-0.15, -0.1) is 0 Å². The zero-order chi connectivity index (χ0) is 20.2. The van der Waals surface area contributed by atoms with E-state index in [0.29, 0.717) is 6.04 Å². The summed E-state index contributed by atoms with van der Waals surface area (Å²) in [5, 5.41) is 16.5. The maximum Gasteiger partial charge on any atom is 0.165 e. The molecule has 5 heterocycles. The molecule has 0 aliphatic carbocycles.